The molecule has 0 fully saturated rings. The number of hydrogen-bond donors (Lipinski definition) is 2. The van der Waals surface area contributed by atoms with Crippen LogP contribution in [0.25, 0.3) is 0 Å². The number of urea groups is 1. The van der Waals surface area contributed by atoms with Crippen LogP contribution in [-0.4, -0.2) is 34.4 Å². The van der Waals surface area contributed by atoms with Crippen LogP contribution in [0.5, 0.6) is 0 Å². The van der Waals surface area contributed by atoms with Crippen molar-refractivity contribution < 1.29 is 14.7 Å². The lowest BCUT2D eigenvalue weighted by Gasteiger charge is -2.31. The number of ketones is 1. The Morgan fingerprint density at radius 1 is 1.08 bits per heavy atom. The summed E-state index contributed by atoms with van der Waals surface area (Å²) in [4.78, 5) is 25.5. The first-order chi connectivity index (χ1) is 11.9. The third-order valence-corrected chi connectivity index (χ3v) is 4.23. The minimum atomic E-state index is -0.771. The molecular weight excluding hydrogens is 316 g/mol. The Balaban J connectivity index is 2.08. The molecule has 2 rings (SSSR count). The van der Waals surface area contributed by atoms with E-state index >= 15 is 0 Å². The monoisotopic (exact) mass is 340 g/mol. The highest BCUT2D eigenvalue weighted by Gasteiger charge is 2.26. The largest absolute Gasteiger partial charge is 0.386 e. The van der Waals surface area contributed by atoms with Gasteiger partial charge in [-0.2, -0.15) is 0 Å². The lowest BCUT2D eigenvalue weighted by Crippen LogP contribution is -2.44. The van der Waals surface area contributed by atoms with Gasteiger partial charge in [-0.25, -0.2) is 4.79 Å². The molecule has 132 valence electrons. The number of Topliss-reactive ketones (excluding diaryl/α,β-unsaturated/α-hetero) is 1. The number of carbonyl (C=O) groups is 2. The lowest BCUT2D eigenvalue weighted by atomic mass is 10.0. The summed E-state index contributed by atoms with van der Waals surface area (Å²) in [6.07, 6.45) is -0.771. The number of nitrogens with one attached hydrogen (secondary N) is 1. The maximum atomic E-state index is 12.6. The Kier molecular flexibility index (Phi) is 6.31. The molecule has 0 aliphatic heterocycles. The van der Waals surface area contributed by atoms with Crippen molar-refractivity contribution in [2.45, 2.75) is 32.9 Å². The molecule has 0 aromatic heterocycles. The summed E-state index contributed by atoms with van der Waals surface area (Å²) in [7, 11) is 0. The van der Waals surface area contributed by atoms with Gasteiger partial charge in [-0.05, 0) is 50.6 Å². The standard InChI is InChI=1S/C20H24N2O3/c1-4-22(14(2)19(24)17-8-6-5-7-9-17)20(25)21-18-12-10-16(11-13-18)15(3)23/h5-14,19,24H,4H2,1-3H3,(H,21,25)/t14-,19-/m1/s1. The van der Waals surface area contributed by atoms with E-state index in [0.29, 0.717) is 17.8 Å². The van der Waals surface area contributed by atoms with Crippen LogP contribution in [0.1, 0.15) is 42.8 Å². The molecule has 0 heterocycles. The van der Waals surface area contributed by atoms with E-state index in [-0.39, 0.29) is 17.9 Å². The predicted molar refractivity (Wildman–Crippen MR) is 98.7 cm³/mol. The minimum Gasteiger partial charge on any atom is -0.386 e. The highest BCUT2D eigenvalue weighted by molar-refractivity contribution is 5.95. The van der Waals surface area contributed by atoms with Crippen LogP contribution in [0.4, 0.5) is 10.5 Å². The number of amides is 2. The van der Waals surface area contributed by atoms with Crippen LogP contribution < -0.4 is 5.32 Å². The molecule has 5 heteroatoms. The van der Waals surface area contributed by atoms with E-state index in [2.05, 4.69) is 5.32 Å². The number of benzene rings is 2. The Bertz CT molecular complexity index is 713. The van der Waals surface area contributed by atoms with E-state index in [1.165, 1.54) is 6.92 Å². The second kappa shape index (κ2) is 8.44. The normalized spacial score (nSPS) is 13.0. The molecule has 2 amide bonds. The molecule has 0 unspecified atom stereocenters. The van der Waals surface area contributed by atoms with Crippen molar-refractivity contribution >= 4 is 17.5 Å². The molecule has 0 aliphatic carbocycles. The number of nitrogens with zero attached hydrogens (tertiary/aromatic N) is 1. The summed E-state index contributed by atoms with van der Waals surface area (Å²) in [5.74, 6) is -0.0207. The fourth-order valence-electron chi connectivity index (χ4n) is 2.70. The first-order valence-electron chi connectivity index (χ1n) is 8.35. The van der Waals surface area contributed by atoms with Crippen molar-refractivity contribution in [1.29, 1.82) is 0 Å². The van der Waals surface area contributed by atoms with Crippen molar-refractivity contribution in [2.75, 3.05) is 11.9 Å². The molecule has 0 aliphatic rings. The van der Waals surface area contributed by atoms with Crippen molar-refractivity contribution in [2.24, 2.45) is 0 Å². The molecule has 2 aromatic rings. The fraction of sp³-hybridized carbons (Fsp3) is 0.300. The Labute approximate surface area is 148 Å². The molecule has 0 radical (unpaired) electrons. The molecule has 0 spiro atoms. The maximum Gasteiger partial charge on any atom is 0.322 e. The topological polar surface area (TPSA) is 69.6 Å². The summed E-state index contributed by atoms with van der Waals surface area (Å²) in [6.45, 7) is 5.65. The van der Waals surface area contributed by atoms with Gasteiger partial charge in [0.25, 0.3) is 0 Å². The number of carbonyl (C=O) groups excluding carboxylic acids is 2. The van der Waals surface area contributed by atoms with Crippen molar-refractivity contribution in [3.63, 3.8) is 0 Å². The highest BCUT2D eigenvalue weighted by Crippen LogP contribution is 2.21. The zero-order valence-electron chi connectivity index (χ0n) is 14.8. The number of likely N-dealkylation sites (N-methyl/N-ethyl adjacent to an activating group) is 1. The first kappa shape index (κ1) is 18.7. The Morgan fingerprint density at radius 3 is 2.20 bits per heavy atom. The van der Waals surface area contributed by atoms with E-state index < -0.39 is 6.10 Å². The van der Waals surface area contributed by atoms with Gasteiger partial charge in [0.2, 0.25) is 0 Å². The smallest absolute Gasteiger partial charge is 0.322 e. The number of anilines is 1. The third-order valence-electron chi connectivity index (χ3n) is 4.23. The molecule has 5 nitrogen and oxygen atoms in total. The molecule has 25 heavy (non-hydrogen) atoms. The molecule has 2 N–H and O–H groups in total. The Hall–Kier alpha value is -2.66. The van der Waals surface area contributed by atoms with E-state index in [1.807, 2.05) is 44.2 Å². The van der Waals surface area contributed by atoms with Gasteiger partial charge in [0, 0.05) is 17.8 Å². The summed E-state index contributed by atoms with van der Waals surface area (Å²) in [5, 5.41) is 13.4. The van der Waals surface area contributed by atoms with Crippen molar-refractivity contribution in [1.82, 2.24) is 4.90 Å². The number of aliphatic hydroxyl groups excluding tert-OH is 1. The van der Waals surface area contributed by atoms with E-state index in [9.17, 15) is 14.7 Å². The average Bonchev–Trinajstić information content (AvgIpc) is 2.62. The molecule has 0 bridgehead atoms. The van der Waals surface area contributed by atoms with Crippen LogP contribution in [0.15, 0.2) is 54.6 Å². The van der Waals surface area contributed by atoms with Crippen LogP contribution in [0, 0.1) is 0 Å². The maximum absolute atomic E-state index is 12.6. The van der Waals surface area contributed by atoms with E-state index in [0.717, 1.165) is 5.56 Å². The molecular formula is C20H24N2O3. The zero-order valence-corrected chi connectivity index (χ0v) is 14.8. The van der Waals surface area contributed by atoms with Crippen molar-refractivity contribution in [3.05, 3.63) is 65.7 Å². The van der Waals surface area contributed by atoms with Gasteiger partial charge < -0.3 is 15.3 Å². The second-order valence-electron chi connectivity index (χ2n) is 5.95. The van der Waals surface area contributed by atoms with Gasteiger partial charge in [0.1, 0.15) is 0 Å². The fourth-order valence-corrected chi connectivity index (χ4v) is 2.70. The van der Waals surface area contributed by atoms with Crippen LogP contribution >= 0.6 is 0 Å². The van der Waals surface area contributed by atoms with Gasteiger partial charge in [0.15, 0.2) is 5.78 Å². The van der Waals surface area contributed by atoms with Gasteiger partial charge in [0.05, 0.1) is 12.1 Å². The second-order valence-corrected chi connectivity index (χ2v) is 5.95. The van der Waals surface area contributed by atoms with E-state index in [4.69, 9.17) is 0 Å². The summed E-state index contributed by atoms with van der Waals surface area (Å²) in [5.41, 5.74) is 1.97. The van der Waals surface area contributed by atoms with Crippen LogP contribution in [0.2, 0.25) is 0 Å². The predicted octanol–water partition coefficient (Wildman–Crippen LogP) is 3.87. The molecule has 2 aromatic carbocycles. The lowest BCUT2D eigenvalue weighted by molar-refractivity contribution is 0.0804. The molecule has 0 saturated heterocycles. The van der Waals surface area contributed by atoms with Gasteiger partial charge in [-0.15, -0.1) is 0 Å². The Morgan fingerprint density at radius 2 is 1.68 bits per heavy atom. The van der Waals surface area contributed by atoms with Gasteiger partial charge in [-0.3, -0.25) is 4.79 Å². The summed E-state index contributed by atoms with van der Waals surface area (Å²) in [6, 6.07) is 15.4. The van der Waals surface area contributed by atoms with Gasteiger partial charge >= 0.3 is 6.03 Å². The van der Waals surface area contributed by atoms with Crippen molar-refractivity contribution in [3.8, 4) is 0 Å². The van der Waals surface area contributed by atoms with E-state index in [1.54, 1.807) is 29.2 Å². The quantitative estimate of drug-likeness (QED) is 0.784. The van der Waals surface area contributed by atoms with Crippen LogP contribution in [-0.2, 0) is 0 Å². The number of aliphatic hydroxyl groups is 1. The SMILES string of the molecule is CCN(C(=O)Nc1ccc(C(C)=O)cc1)[C@H](C)[C@@H](O)c1ccccc1. The number of hydrogen-bond acceptors (Lipinski definition) is 3. The summed E-state index contributed by atoms with van der Waals surface area (Å²) >= 11 is 0. The van der Waals surface area contributed by atoms with Crippen LogP contribution in [0.3, 0.4) is 0 Å². The number of rotatable bonds is 6. The molecule has 2 atom stereocenters. The zero-order chi connectivity index (χ0) is 18.4. The highest BCUT2D eigenvalue weighted by atomic mass is 16.3. The molecule has 0 saturated carbocycles. The third kappa shape index (κ3) is 4.67. The van der Waals surface area contributed by atoms with Gasteiger partial charge in [-0.1, -0.05) is 30.3 Å². The average molecular weight is 340 g/mol. The minimum absolute atomic E-state index is 0.0207. The first-order valence-corrected chi connectivity index (χ1v) is 8.35. The summed E-state index contributed by atoms with van der Waals surface area (Å²) < 4.78 is 0.